The van der Waals surface area contributed by atoms with E-state index in [-0.39, 0.29) is 18.6 Å². The molecule has 2 amide bonds. The summed E-state index contributed by atoms with van der Waals surface area (Å²) < 4.78 is 13.0. The number of carbonyl (C=O) groups is 4. The fraction of sp³-hybridized carbons (Fsp3) is 0.474. The molecule has 1 fully saturated rings. The number of carboxylic acids is 1. The normalized spacial score (nSPS) is 19.0. The van der Waals surface area contributed by atoms with Crippen LogP contribution in [0.1, 0.15) is 38.2 Å². The summed E-state index contributed by atoms with van der Waals surface area (Å²) in [5.41, 5.74) is 0.616. The van der Waals surface area contributed by atoms with Gasteiger partial charge >= 0.3 is 5.97 Å². The summed E-state index contributed by atoms with van der Waals surface area (Å²) in [7, 11) is 0. The van der Waals surface area contributed by atoms with Crippen molar-refractivity contribution >= 4 is 23.6 Å². The second-order valence-corrected chi connectivity index (χ2v) is 6.80. The number of Topliss-reactive ketones (excluding diaryl/α,β-unsaturated/α-hetero) is 1. The maximum absolute atomic E-state index is 13.0. The molecule has 0 saturated heterocycles. The van der Waals surface area contributed by atoms with Gasteiger partial charge in [0.15, 0.2) is 0 Å². The van der Waals surface area contributed by atoms with Crippen molar-refractivity contribution in [3.8, 4) is 0 Å². The second-order valence-electron chi connectivity index (χ2n) is 6.80. The summed E-state index contributed by atoms with van der Waals surface area (Å²) in [6, 6.07) is 3.26. The van der Waals surface area contributed by atoms with E-state index < -0.39 is 41.6 Å². The fourth-order valence-electron chi connectivity index (χ4n) is 3.29. The van der Waals surface area contributed by atoms with Crippen LogP contribution in [-0.2, 0) is 25.6 Å². The van der Waals surface area contributed by atoms with Gasteiger partial charge < -0.3 is 15.7 Å². The summed E-state index contributed by atoms with van der Waals surface area (Å²) in [5, 5.41) is 14.4. The predicted octanol–water partition coefficient (Wildman–Crippen LogP) is 1.20. The van der Waals surface area contributed by atoms with E-state index in [1.807, 2.05) is 0 Å². The number of hydrogen-bond donors (Lipinski definition) is 3. The second kappa shape index (κ2) is 9.25. The lowest BCUT2D eigenvalue weighted by atomic mass is 9.83. The van der Waals surface area contributed by atoms with Crippen LogP contribution >= 0.6 is 0 Å². The van der Waals surface area contributed by atoms with Crippen molar-refractivity contribution in [2.75, 3.05) is 0 Å². The minimum Gasteiger partial charge on any atom is -0.480 e. The number of amides is 2. The first-order valence-corrected chi connectivity index (χ1v) is 8.82. The van der Waals surface area contributed by atoms with Gasteiger partial charge in [-0.25, -0.2) is 9.18 Å². The molecule has 0 radical (unpaired) electrons. The third-order valence-corrected chi connectivity index (χ3v) is 4.60. The number of rotatable bonds is 7. The van der Waals surface area contributed by atoms with E-state index in [1.54, 1.807) is 0 Å². The Kier molecular flexibility index (Phi) is 7.04. The Morgan fingerprint density at radius 2 is 1.89 bits per heavy atom. The first kappa shape index (κ1) is 20.5. The number of carbonyl (C=O) groups excluding carboxylic acids is 3. The first-order valence-electron chi connectivity index (χ1n) is 8.82. The van der Waals surface area contributed by atoms with E-state index in [0.29, 0.717) is 24.8 Å². The van der Waals surface area contributed by atoms with Crippen molar-refractivity contribution in [2.45, 2.75) is 51.1 Å². The molecule has 0 heterocycles. The van der Waals surface area contributed by atoms with Crippen LogP contribution in [-0.4, -0.2) is 40.8 Å². The van der Waals surface area contributed by atoms with E-state index in [9.17, 15) is 28.7 Å². The fourth-order valence-corrected chi connectivity index (χ4v) is 3.29. The van der Waals surface area contributed by atoms with Gasteiger partial charge in [-0.15, -0.1) is 0 Å². The van der Waals surface area contributed by atoms with Gasteiger partial charge in [-0.2, -0.15) is 0 Å². The number of benzene rings is 1. The molecule has 146 valence electrons. The highest BCUT2D eigenvalue weighted by Gasteiger charge is 2.35. The molecule has 2 rings (SSSR count). The standard InChI is InChI=1S/C19H23FN2O5/c1-11(23)21-16(9-12-5-7-14(20)8-6-12)18(25)22-17(19(26)27)13-3-2-4-15(24)10-13/h5-8,13,16-17H,2-4,9-10H2,1H3,(H,21,23)(H,22,25)(H,26,27)/t13-,16+,17-/m1/s1. The van der Waals surface area contributed by atoms with E-state index >= 15 is 0 Å². The van der Waals surface area contributed by atoms with Gasteiger partial charge in [-0.3, -0.25) is 14.4 Å². The topological polar surface area (TPSA) is 113 Å². The number of halogens is 1. The first-order chi connectivity index (χ1) is 12.8. The van der Waals surface area contributed by atoms with Crippen molar-refractivity contribution in [3.05, 3.63) is 35.6 Å². The number of carboxylic acid groups (broad SMARTS) is 1. The van der Waals surface area contributed by atoms with Gasteiger partial charge in [0.2, 0.25) is 11.8 Å². The molecule has 0 bridgehead atoms. The number of ketones is 1. The Morgan fingerprint density at radius 1 is 1.22 bits per heavy atom. The van der Waals surface area contributed by atoms with Crippen molar-refractivity contribution < 1.29 is 28.7 Å². The van der Waals surface area contributed by atoms with Crippen molar-refractivity contribution in [1.29, 1.82) is 0 Å². The molecule has 1 aliphatic rings. The Labute approximate surface area is 156 Å². The molecule has 1 aromatic rings. The highest BCUT2D eigenvalue weighted by atomic mass is 19.1. The lowest BCUT2D eigenvalue weighted by Gasteiger charge is -2.29. The van der Waals surface area contributed by atoms with Crippen LogP contribution in [0.4, 0.5) is 4.39 Å². The predicted molar refractivity (Wildman–Crippen MR) is 94.2 cm³/mol. The molecule has 3 atom stereocenters. The molecule has 0 aromatic heterocycles. The molecule has 3 N–H and O–H groups in total. The molecule has 0 aliphatic heterocycles. The summed E-state index contributed by atoms with van der Waals surface area (Å²) in [5.74, 6) is -3.23. The molecule has 0 unspecified atom stereocenters. The Hall–Kier alpha value is -2.77. The third-order valence-electron chi connectivity index (χ3n) is 4.60. The van der Waals surface area contributed by atoms with Crippen LogP contribution in [0.3, 0.4) is 0 Å². The van der Waals surface area contributed by atoms with Gasteiger partial charge in [0.05, 0.1) is 0 Å². The van der Waals surface area contributed by atoms with Crippen LogP contribution in [0.2, 0.25) is 0 Å². The molecule has 1 saturated carbocycles. The Morgan fingerprint density at radius 3 is 2.44 bits per heavy atom. The van der Waals surface area contributed by atoms with Crippen molar-refractivity contribution in [2.24, 2.45) is 5.92 Å². The third kappa shape index (κ3) is 6.16. The number of nitrogens with one attached hydrogen (secondary N) is 2. The highest BCUT2D eigenvalue weighted by Crippen LogP contribution is 2.24. The molecule has 8 heteroatoms. The average molecular weight is 378 g/mol. The van der Waals surface area contributed by atoms with Crippen molar-refractivity contribution in [3.63, 3.8) is 0 Å². The van der Waals surface area contributed by atoms with Crippen LogP contribution in [0.25, 0.3) is 0 Å². The van der Waals surface area contributed by atoms with E-state index in [4.69, 9.17) is 0 Å². The van der Waals surface area contributed by atoms with Gasteiger partial charge in [0.1, 0.15) is 23.7 Å². The van der Waals surface area contributed by atoms with E-state index in [0.717, 1.165) is 0 Å². The highest BCUT2D eigenvalue weighted by molar-refractivity contribution is 5.90. The van der Waals surface area contributed by atoms with Crippen LogP contribution in [0, 0.1) is 11.7 Å². The van der Waals surface area contributed by atoms with Crippen LogP contribution in [0.5, 0.6) is 0 Å². The lowest BCUT2D eigenvalue weighted by Crippen LogP contribution is -2.54. The van der Waals surface area contributed by atoms with Crippen molar-refractivity contribution in [1.82, 2.24) is 10.6 Å². The maximum atomic E-state index is 13.0. The summed E-state index contributed by atoms with van der Waals surface area (Å²) >= 11 is 0. The van der Waals surface area contributed by atoms with E-state index in [2.05, 4.69) is 10.6 Å². The van der Waals surface area contributed by atoms with Gasteiger partial charge in [0, 0.05) is 26.2 Å². The lowest BCUT2D eigenvalue weighted by molar-refractivity contribution is -0.144. The molecule has 1 aromatic carbocycles. The van der Waals surface area contributed by atoms with Gasteiger partial charge in [-0.05, 0) is 36.5 Å². The summed E-state index contributed by atoms with van der Waals surface area (Å²) in [4.78, 5) is 47.4. The number of hydrogen-bond acceptors (Lipinski definition) is 4. The quantitative estimate of drug-likeness (QED) is 0.660. The zero-order valence-electron chi connectivity index (χ0n) is 15.0. The molecular weight excluding hydrogens is 355 g/mol. The SMILES string of the molecule is CC(=O)N[C@@H](Cc1ccc(F)cc1)C(=O)N[C@@H](C(=O)O)[C@@H]1CCCC(=O)C1. The molecule has 1 aliphatic carbocycles. The summed E-state index contributed by atoms with van der Waals surface area (Å²) in [6.07, 6.45) is 1.75. The molecule has 7 nitrogen and oxygen atoms in total. The monoisotopic (exact) mass is 378 g/mol. The zero-order valence-corrected chi connectivity index (χ0v) is 15.0. The Balaban J connectivity index is 2.12. The van der Waals surface area contributed by atoms with Gasteiger partial charge in [-0.1, -0.05) is 12.1 Å². The van der Waals surface area contributed by atoms with Crippen LogP contribution in [0.15, 0.2) is 24.3 Å². The Bertz CT molecular complexity index is 719. The molecular formula is C19H23FN2O5. The largest absolute Gasteiger partial charge is 0.480 e. The molecule has 27 heavy (non-hydrogen) atoms. The van der Waals surface area contributed by atoms with Crippen LogP contribution < -0.4 is 10.6 Å². The summed E-state index contributed by atoms with van der Waals surface area (Å²) in [6.45, 7) is 1.25. The van der Waals surface area contributed by atoms with Gasteiger partial charge in [0.25, 0.3) is 0 Å². The smallest absolute Gasteiger partial charge is 0.326 e. The zero-order chi connectivity index (χ0) is 20.0. The number of aliphatic carboxylic acids is 1. The minimum absolute atomic E-state index is 0.0172. The maximum Gasteiger partial charge on any atom is 0.326 e. The average Bonchev–Trinajstić information content (AvgIpc) is 2.60. The molecule has 0 spiro atoms. The van der Waals surface area contributed by atoms with E-state index in [1.165, 1.54) is 31.2 Å². The minimum atomic E-state index is -1.22.